The molecule has 33 heavy (non-hydrogen) atoms. The highest BCUT2D eigenvalue weighted by molar-refractivity contribution is 6.33. The number of nitrogens with one attached hydrogen (secondary N) is 1. The summed E-state index contributed by atoms with van der Waals surface area (Å²) in [5.74, 6) is -0.683. The molecular weight excluding hydrogens is 455 g/mol. The zero-order chi connectivity index (χ0) is 23.4. The average Bonchev–Trinajstić information content (AvgIpc) is 3.28. The summed E-state index contributed by atoms with van der Waals surface area (Å²) in [6.45, 7) is 0.137. The minimum absolute atomic E-state index is 0.137. The molecule has 3 aromatic carbocycles. The number of amides is 1. The molecule has 0 saturated heterocycles. The number of ether oxygens (including phenoxy) is 1. The van der Waals surface area contributed by atoms with Gasteiger partial charge in [0, 0.05) is 23.3 Å². The van der Waals surface area contributed by atoms with E-state index in [1.807, 2.05) is 48.5 Å². The lowest BCUT2D eigenvalue weighted by molar-refractivity contribution is -0.274. The molecule has 5 nitrogen and oxygen atoms in total. The maximum Gasteiger partial charge on any atom is 0.573 e. The molecule has 0 fully saturated rings. The van der Waals surface area contributed by atoms with Crippen molar-refractivity contribution in [1.82, 2.24) is 15.1 Å². The maximum atomic E-state index is 12.5. The number of benzene rings is 3. The average molecular weight is 472 g/mol. The van der Waals surface area contributed by atoms with E-state index in [1.165, 1.54) is 30.5 Å². The number of aromatic nitrogens is 2. The normalized spacial score (nSPS) is 11.3. The van der Waals surface area contributed by atoms with Gasteiger partial charge in [-0.2, -0.15) is 5.10 Å². The Kier molecular flexibility index (Phi) is 6.37. The summed E-state index contributed by atoms with van der Waals surface area (Å²) in [5, 5.41) is 7.62. The Morgan fingerprint density at radius 2 is 1.79 bits per heavy atom. The molecule has 0 unspecified atom stereocenters. The van der Waals surface area contributed by atoms with Crippen LogP contribution in [0.5, 0.6) is 5.75 Å². The van der Waals surface area contributed by atoms with Crippen LogP contribution in [0, 0.1) is 0 Å². The third kappa shape index (κ3) is 5.72. The number of hydrogen-bond donors (Lipinski definition) is 1. The van der Waals surface area contributed by atoms with Crippen molar-refractivity contribution in [2.45, 2.75) is 12.9 Å². The largest absolute Gasteiger partial charge is 0.573 e. The van der Waals surface area contributed by atoms with Crippen LogP contribution >= 0.6 is 11.6 Å². The number of alkyl halides is 3. The van der Waals surface area contributed by atoms with Gasteiger partial charge in [0.15, 0.2) is 0 Å². The Hall–Kier alpha value is -3.78. The molecule has 0 aliphatic heterocycles. The van der Waals surface area contributed by atoms with Crippen LogP contribution in [0.15, 0.2) is 85.2 Å². The number of nitrogens with zero attached hydrogens (tertiary/aromatic N) is 2. The molecule has 9 heteroatoms. The molecule has 1 amide bonds. The molecule has 1 heterocycles. The van der Waals surface area contributed by atoms with Crippen LogP contribution in [0.2, 0.25) is 5.02 Å². The topological polar surface area (TPSA) is 56.1 Å². The predicted octanol–water partition coefficient (Wildman–Crippen LogP) is 6.02. The van der Waals surface area contributed by atoms with Crippen LogP contribution in [-0.2, 0) is 6.54 Å². The molecule has 0 radical (unpaired) electrons. The van der Waals surface area contributed by atoms with E-state index in [0.717, 1.165) is 16.8 Å². The van der Waals surface area contributed by atoms with E-state index in [-0.39, 0.29) is 18.2 Å². The Labute approximate surface area is 192 Å². The van der Waals surface area contributed by atoms with E-state index in [2.05, 4.69) is 15.2 Å². The second-order valence-electron chi connectivity index (χ2n) is 7.08. The second kappa shape index (κ2) is 9.38. The van der Waals surface area contributed by atoms with Gasteiger partial charge < -0.3 is 10.1 Å². The van der Waals surface area contributed by atoms with Crippen molar-refractivity contribution in [3.05, 3.63) is 101 Å². The van der Waals surface area contributed by atoms with Crippen molar-refractivity contribution in [3.63, 3.8) is 0 Å². The van der Waals surface area contributed by atoms with Gasteiger partial charge >= 0.3 is 6.36 Å². The smallest absolute Gasteiger partial charge is 0.406 e. The van der Waals surface area contributed by atoms with Crippen molar-refractivity contribution in [3.8, 4) is 22.6 Å². The summed E-state index contributed by atoms with van der Waals surface area (Å²) in [5.41, 5.74) is 3.52. The molecule has 4 rings (SSSR count). The molecule has 0 aliphatic rings. The Balaban J connectivity index is 1.42. The second-order valence-corrected chi connectivity index (χ2v) is 7.49. The minimum atomic E-state index is -4.75. The van der Waals surface area contributed by atoms with Gasteiger partial charge in [-0.05, 0) is 41.5 Å². The quantitative estimate of drug-likeness (QED) is 0.374. The molecule has 1 aromatic heterocycles. The van der Waals surface area contributed by atoms with E-state index < -0.39 is 6.36 Å². The van der Waals surface area contributed by atoms with Gasteiger partial charge in [-0.1, -0.05) is 54.1 Å². The molecule has 168 valence electrons. The molecule has 0 spiro atoms. The molecule has 1 N–H and O–H groups in total. The van der Waals surface area contributed by atoms with Gasteiger partial charge in [0.1, 0.15) is 5.75 Å². The summed E-state index contributed by atoms with van der Waals surface area (Å²) in [6.07, 6.45) is -1.71. The number of carbonyl (C=O) groups is 1. The first-order chi connectivity index (χ1) is 15.8. The van der Waals surface area contributed by atoms with Crippen LogP contribution in [0.3, 0.4) is 0 Å². The first-order valence-electron chi connectivity index (χ1n) is 9.81. The van der Waals surface area contributed by atoms with Crippen molar-refractivity contribution < 1.29 is 22.7 Å². The summed E-state index contributed by atoms with van der Waals surface area (Å²) >= 11 is 6.29. The van der Waals surface area contributed by atoms with Crippen LogP contribution in [0.1, 0.15) is 15.9 Å². The van der Waals surface area contributed by atoms with E-state index in [4.69, 9.17) is 11.6 Å². The van der Waals surface area contributed by atoms with E-state index in [0.29, 0.717) is 16.1 Å². The van der Waals surface area contributed by atoms with E-state index >= 15 is 0 Å². The molecule has 0 aliphatic carbocycles. The third-order valence-corrected chi connectivity index (χ3v) is 5.08. The van der Waals surface area contributed by atoms with Crippen molar-refractivity contribution in [2.24, 2.45) is 0 Å². The zero-order valence-corrected chi connectivity index (χ0v) is 17.8. The number of halogens is 4. The fraction of sp³-hybridized carbons (Fsp3) is 0.0833. The molecule has 0 atom stereocenters. The van der Waals surface area contributed by atoms with Crippen LogP contribution in [-0.4, -0.2) is 22.1 Å². The van der Waals surface area contributed by atoms with E-state index in [1.54, 1.807) is 10.9 Å². The van der Waals surface area contributed by atoms with Crippen LogP contribution < -0.4 is 10.1 Å². The molecular formula is C24H17ClF3N3O2. The van der Waals surface area contributed by atoms with Crippen molar-refractivity contribution in [2.75, 3.05) is 0 Å². The van der Waals surface area contributed by atoms with Gasteiger partial charge in [-0.3, -0.25) is 4.79 Å². The lowest BCUT2D eigenvalue weighted by atomic mass is 10.1. The summed E-state index contributed by atoms with van der Waals surface area (Å²) < 4.78 is 42.1. The Morgan fingerprint density at radius 1 is 1.03 bits per heavy atom. The SMILES string of the molecule is O=C(NCc1ccc(OC(F)(F)F)cc1)c1cnn(-c2cccc(-c3ccccc3Cl)c2)c1. The zero-order valence-electron chi connectivity index (χ0n) is 17.0. The first kappa shape index (κ1) is 22.4. The molecule has 0 saturated carbocycles. The number of rotatable bonds is 6. The van der Waals surface area contributed by atoms with Crippen molar-refractivity contribution >= 4 is 17.5 Å². The number of hydrogen-bond acceptors (Lipinski definition) is 3. The summed E-state index contributed by atoms with van der Waals surface area (Å²) in [7, 11) is 0. The van der Waals surface area contributed by atoms with Crippen LogP contribution in [0.25, 0.3) is 16.8 Å². The highest BCUT2D eigenvalue weighted by Gasteiger charge is 2.30. The minimum Gasteiger partial charge on any atom is -0.406 e. The van der Waals surface area contributed by atoms with E-state index in [9.17, 15) is 18.0 Å². The van der Waals surface area contributed by atoms with Gasteiger partial charge in [0.05, 0.1) is 17.4 Å². The summed E-state index contributed by atoms with van der Waals surface area (Å²) in [6, 6.07) is 20.4. The fourth-order valence-electron chi connectivity index (χ4n) is 3.19. The highest BCUT2D eigenvalue weighted by Crippen LogP contribution is 2.29. The lowest BCUT2D eigenvalue weighted by Crippen LogP contribution is -2.22. The monoisotopic (exact) mass is 471 g/mol. The van der Waals surface area contributed by atoms with Crippen molar-refractivity contribution in [1.29, 1.82) is 0 Å². The van der Waals surface area contributed by atoms with Gasteiger partial charge in [0.2, 0.25) is 0 Å². The third-order valence-electron chi connectivity index (χ3n) is 4.75. The van der Waals surface area contributed by atoms with Crippen LogP contribution in [0.4, 0.5) is 13.2 Å². The number of carbonyl (C=O) groups excluding carboxylic acids is 1. The Morgan fingerprint density at radius 3 is 2.52 bits per heavy atom. The standard InChI is InChI=1S/C24H17ClF3N3O2/c25-22-7-2-1-6-21(22)17-4-3-5-19(12-17)31-15-18(14-30-31)23(32)29-13-16-8-10-20(11-9-16)33-24(26,27)28/h1-12,14-15H,13H2,(H,29,32). The molecule has 4 aromatic rings. The first-order valence-corrected chi connectivity index (χ1v) is 10.2. The predicted molar refractivity (Wildman–Crippen MR) is 118 cm³/mol. The summed E-state index contributed by atoms with van der Waals surface area (Å²) in [4.78, 5) is 12.5. The van der Waals surface area contributed by atoms with Gasteiger partial charge in [-0.15, -0.1) is 13.2 Å². The Bertz CT molecular complexity index is 1270. The highest BCUT2D eigenvalue weighted by atomic mass is 35.5. The van der Waals surface area contributed by atoms with Gasteiger partial charge in [0.25, 0.3) is 5.91 Å². The van der Waals surface area contributed by atoms with Gasteiger partial charge in [-0.25, -0.2) is 4.68 Å². The fourth-order valence-corrected chi connectivity index (χ4v) is 3.43. The maximum absolute atomic E-state index is 12.5. The lowest BCUT2D eigenvalue weighted by Gasteiger charge is -2.09. The molecule has 0 bridgehead atoms.